The lowest BCUT2D eigenvalue weighted by molar-refractivity contribution is 0.622. The van der Waals surface area contributed by atoms with E-state index in [-0.39, 0.29) is 0 Å². The Morgan fingerprint density at radius 2 is 1.16 bits per heavy atom. The molecule has 0 fully saturated rings. The van der Waals surface area contributed by atoms with Gasteiger partial charge < -0.3 is 4.42 Å². The number of rotatable bonds is 2. The van der Waals surface area contributed by atoms with E-state index >= 15 is 0 Å². The molecule has 0 saturated heterocycles. The lowest BCUT2D eigenvalue weighted by Crippen LogP contribution is -1.90. The number of hydrogen-bond acceptors (Lipinski definition) is 1. The Morgan fingerprint density at radius 3 is 1.81 bits per heavy atom. The first-order valence-corrected chi connectivity index (χ1v) is 11.3. The van der Waals surface area contributed by atoms with Gasteiger partial charge in [0.05, 0.1) is 0 Å². The standard InChI is InChI=1S/C29H18Cl2O/c1-17-6-15-25-24(16-17)27-26(18-7-11-20(30)12-8-18)22-4-2-3-5-23(22)28(27)29(32-25)19-9-13-21(31)14-10-19/h2-16H,1H3. The molecule has 3 heteroatoms. The second-order valence-electron chi connectivity index (χ2n) is 8.12. The smallest absolute Gasteiger partial charge is 0.143 e. The number of fused-ring (bicyclic) bond motifs is 5. The third-order valence-corrected chi connectivity index (χ3v) is 6.55. The molecule has 0 radical (unpaired) electrons. The highest BCUT2D eigenvalue weighted by molar-refractivity contribution is 6.31. The number of hydrogen-bond donors (Lipinski definition) is 0. The van der Waals surface area contributed by atoms with Crippen LogP contribution < -0.4 is 0 Å². The predicted octanol–water partition coefficient (Wildman–Crippen LogP) is 9.64. The van der Waals surface area contributed by atoms with Crippen LogP contribution in [0.5, 0.6) is 0 Å². The van der Waals surface area contributed by atoms with Crippen LogP contribution in [0.25, 0.3) is 55.3 Å². The van der Waals surface area contributed by atoms with Gasteiger partial charge in [-0.25, -0.2) is 0 Å². The molecular weight excluding hydrogens is 435 g/mol. The van der Waals surface area contributed by atoms with Gasteiger partial charge in [-0.2, -0.15) is 0 Å². The van der Waals surface area contributed by atoms with Crippen molar-refractivity contribution < 1.29 is 4.42 Å². The third kappa shape index (κ3) is 3.01. The fraction of sp³-hybridized carbons (Fsp3) is 0.0345. The first-order chi connectivity index (χ1) is 15.6. The topological polar surface area (TPSA) is 13.1 Å². The maximum absolute atomic E-state index is 6.57. The van der Waals surface area contributed by atoms with Crippen LogP contribution in [0.2, 0.25) is 10.0 Å². The summed E-state index contributed by atoms with van der Waals surface area (Å²) in [5, 5.41) is 4.91. The average Bonchev–Trinajstić information content (AvgIpc) is 3.16. The Morgan fingerprint density at radius 1 is 0.562 bits per heavy atom. The van der Waals surface area contributed by atoms with Crippen LogP contribution in [0.1, 0.15) is 5.56 Å². The molecule has 0 aromatic heterocycles. The lowest BCUT2D eigenvalue weighted by Gasteiger charge is -2.15. The summed E-state index contributed by atoms with van der Waals surface area (Å²) < 4.78 is 6.57. The summed E-state index contributed by atoms with van der Waals surface area (Å²) in [7, 11) is 0. The first kappa shape index (κ1) is 19.4. The average molecular weight is 453 g/mol. The van der Waals surface area contributed by atoms with Crippen LogP contribution in [0.3, 0.4) is 0 Å². The van der Waals surface area contributed by atoms with E-state index < -0.39 is 0 Å². The molecule has 0 spiro atoms. The normalized spacial score (nSPS) is 11.6. The molecule has 2 aliphatic rings. The van der Waals surface area contributed by atoms with Gasteiger partial charge in [0.2, 0.25) is 0 Å². The summed E-state index contributed by atoms with van der Waals surface area (Å²) in [6.07, 6.45) is 0. The van der Waals surface area contributed by atoms with Crippen molar-refractivity contribution in [3.05, 3.63) is 107 Å². The molecule has 0 bridgehead atoms. The lowest BCUT2D eigenvalue weighted by atomic mass is 9.93. The quantitative estimate of drug-likeness (QED) is 0.254. The van der Waals surface area contributed by atoms with Gasteiger partial charge in [0.15, 0.2) is 0 Å². The Balaban J connectivity index is 1.83. The molecule has 4 aromatic rings. The fourth-order valence-electron chi connectivity index (χ4n) is 4.63. The summed E-state index contributed by atoms with van der Waals surface area (Å²) in [6.45, 7) is 2.11. The molecule has 0 N–H and O–H groups in total. The second kappa shape index (κ2) is 7.41. The van der Waals surface area contributed by atoms with Crippen LogP contribution in [-0.2, 0) is 0 Å². The van der Waals surface area contributed by atoms with Crippen molar-refractivity contribution in [1.82, 2.24) is 0 Å². The molecule has 1 aliphatic heterocycles. The number of aryl methyl sites for hydroxylation is 1. The summed E-state index contributed by atoms with van der Waals surface area (Å²) >= 11 is 12.4. The van der Waals surface area contributed by atoms with Crippen LogP contribution in [0.4, 0.5) is 0 Å². The highest BCUT2D eigenvalue weighted by Crippen LogP contribution is 2.52. The van der Waals surface area contributed by atoms with Crippen molar-refractivity contribution in [1.29, 1.82) is 0 Å². The largest absolute Gasteiger partial charge is 0.455 e. The van der Waals surface area contributed by atoms with Gasteiger partial charge in [0, 0.05) is 32.1 Å². The summed E-state index contributed by atoms with van der Waals surface area (Å²) in [6, 6.07) is 30.8. The Kier molecular flexibility index (Phi) is 4.50. The van der Waals surface area contributed by atoms with E-state index in [2.05, 4.69) is 61.5 Å². The zero-order valence-corrected chi connectivity index (χ0v) is 18.8. The van der Waals surface area contributed by atoms with Crippen molar-refractivity contribution in [3.8, 4) is 33.6 Å². The van der Waals surface area contributed by atoms with Crippen molar-refractivity contribution in [2.75, 3.05) is 0 Å². The third-order valence-electron chi connectivity index (χ3n) is 6.05. The molecule has 0 unspecified atom stereocenters. The second-order valence-corrected chi connectivity index (χ2v) is 8.99. The van der Waals surface area contributed by atoms with E-state index in [9.17, 15) is 0 Å². The van der Waals surface area contributed by atoms with E-state index in [1.165, 1.54) is 27.5 Å². The molecule has 1 heterocycles. The summed E-state index contributed by atoms with van der Waals surface area (Å²) in [5.74, 6) is 0.851. The van der Waals surface area contributed by atoms with Crippen LogP contribution in [0, 0.1) is 6.92 Å². The van der Waals surface area contributed by atoms with Crippen molar-refractivity contribution in [2.45, 2.75) is 6.92 Å². The zero-order valence-electron chi connectivity index (χ0n) is 17.3. The molecule has 154 valence electrons. The van der Waals surface area contributed by atoms with Gasteiger partial charge in [-0.15, -0.1) is 0 Å². The van der Waals surface area contributed by atoms with Crippen molar-refractivity contribution in [2.24, 2.45) is 0 Å². The molecule has 0 atom stereocenters. The number of halogens is 2. The van der Waals surface area contributed by atoms with E-state index in [1.807, 2.05) is 36.4 Å². The maximum Gasteiger partial charge on any atom is 0.143 e. The predicted molar refractivity (Wildman–Crippen MR) is 136 cm³/mol. The van der Waals surface area contributed by atoms with Crippen LogP contribution in [-0.4, -0.2) is 0 Å². The van der Waals surface area contributed by atoms with E-state index in [1.54, 1.807) is 0 Å². The Bertz CT molecular complexity index is 1570. The summed E-state index contributed by atoms with van der Waals surface area (Å²) in [4.78, 5) is 0. The van der Waals surface area contributed by atoms with Gasteiger partial charge in [0.25, 0.3) is 0 Å². The maximum atomic E-state index is 6.57. The van der Waals surface area contributed by atoms with Gasteiger partial charge in [-0.05, 0) is 77.4 Å². The molecule has 0 saturated carbocycles. The van der Waals surface area contributed by atoms with Gasteiger partial charge in [-0.1, -0.05) is 71.2 Å². The minimum absolute atomic E-state index is 0.704. The fourth-order valence-corrected chi connectivity index (χ4v) is 4.88. The van der Waals surface area contributed by atoms with Crippen molar-refractivity contribution >= 4 is 44.9 Å². The van der Waals surface area contributed by atoms with Gasteiger partial charge in [0.1, 0.15) is 11.3 Å². The Labute approximate surface area is 196 Å². The van der Waals surface area contributed by atoms with Gasteiger partial charge in [-0.3, -0.25) is 0 Å². The minimum atomic E-state index is 0.704. The van der Waals surface area contributed by atoms with E-state index in [0.717, 1.165) is 38.4 Å². The minimum Gasteiger partial charge on any atom is -0.455 e. The highest BCUT2D eigenvalue weighted by atomic mass is 35.5. The van der Waals surface area contributed by atoms with E-state index in [4.69, 9.17) is 27.6 Å². The molecule has 1 aliphatic carbocycles. The highest BCUT2D eigenvalue weighted by Gasteiger charge is 2.27. The van der Waals surface area contributed by atoms with Crippen molar-refractivity contribution in [3.63, 3.8) is 0 Å². The molecule has 6 rings (SSSR count). The monoisotopic (exact) mass is 452 g/mol. The van der Waals surface area contributed by atoms with E-state index in [0.29, 0.717) is 5.02 Å². The molecule has 0 amide bonds. The number of benzene rings is 4. The zero-order chi connectivity index (χ0) is 21.8. The molecule has 4 aromatic carbocycles. The SMILES string of the molecule is Cc1ccc2oc(-c3ccc(Cl)cc3)c3c4ccccc4c(-c4ccc(Cl)cc4)c-3c2c1. The molecular formula is C29H18Cl2O. The molecule has 32 heavy (non-hydrogen) atoms. The Hall–Kier alpha value is -3.26. The molecule has 1 nitrogen and oxygen atoms in total. The van der Waals surface area contributed by atoms with Gasteiger partial charge >= 0.3 is 0 Å². The van der Waals surface area contributed by atoms with Crippen LogP contribution >= 0.6 is 23.2 Å². The summed E-state index contributed by atoms with van der Waals surface area (Å²) in [5.41, 5.74) is 7.71. The van der Waals surface area contributed by atoms with Crippen LogP contribution in [0.15, 0.2) is 95.4 Å². The first-order valence-electron chi connectivity index (χ1n) is 10.5.